The zero-order valence-electron chi connectivity index (χ0n) is 13.2. The predicted octanol–water partition coefficient (Wildman–Crippen LogP) is 1.99. The minimum absolute atomic E-state index is 0.0976. The molecule has 1 heterocycles. The molecule has 0 saturated carbocycles. The largest absolute Gasteiger partial charge is 0.508 e. The SMILES string of the molecule is CC(C)(C)OCN1CCN(Cc2ccc(O)cc2O)CC1. The molecular weight excluding hydrogens is 268 g/mol. The highest BCUT2D eigenvalue weighted by atomic mass is 16.5. The van der Waals surface area contributed by atoms with Gasteiger partial charge in [0.25, 0.3) is 0 Å². The second-order valence-electron chi connectivity index (χ2n) is 6.59. The van der Waals surface area contributed by atoms with Gasteiger partial charge in [-0.3, -0.25) is 9.80 Å². The lowest BCUT2D eigenvalue weighted by Gasteiger charge is -2.36. The van der Waals surface area contributed by atoms with E-state index in [2.05, 4.69) is 30.6 Å². The van der Waals surface area contributed by atoms with E-state index in [1.807, 2.05) is 0 Å². The molecule has 1 fully saturated rings. The van der Waals surface area contributed by atoms with Gasteiger partial charge in [0.05, 0.1) is 12.3 Å². The first-order valence-corrected chi connectivity index (χ1v) is 7.43. The zero-order valence-corrected chi connectivity index (χ0v) is 13.2. The molecule has 0 aromatic heterocycles. The van der Waals surface area contributed by atoms with E-state index >= 15 is 0 Å². The van der Waals surface area contributed by atoms with E-state index in [1.165, 1.54) is 6.07 Å². The second-order valence-corrected chi connectivity index (χ2v) is 6.59. The van der Waals surface area contributed by atoms with Gasteiger partial charge < -0.3 is 14.9 Å². The van der Waals surface area contributed by atoms with Crippen molar-refractivity contribution >= 4 is 0 Å². The van der Waals surface area contributed by atoms with Crippen molar-refractivity contribution in [3.05, 3.63) is 23.8 Å². The van der Waals surface area contributed by atoms with Crippen molar-refractivity contribution in [2.45, 2.75) is 32.9 Å². The fourth-order valence-corrected chi connectivity index (χ4v) is 2.29. The van der Waals surface area contributed by atoms with Gasteiger partial charge in [-0.15, -0.1) is 0 Å². The molecule has 1 saturated heterocycles. The monoisotopic (exact) mass is 294 g/mol. The first kappa shape index (κ1) is 16.1. The average molecular weight is 294 g/mol. The first-order chi connectivity index (χ1) is 9.83. The van der Waals surface area contributed by atoms with Crippen LogP contribution in [-0.2, 0) is 11.3 Å². The molecule has 0 unspecified atom stereocenters. The van der Waals surface area contributed by atoms with Gasteiger partial charge in [-0.25, -0.2) is 0 Å². The summed E-state index contributed by atoms with van der Waals surface area (Å²) in [5.41, 5.74) is 0.752. The van der Waals surface area contributed by atoms with Crippen molar-refractivity contribution in [2.24, 2.45) is 0 Å². The Morgan fingerprint density at radius 1 is 1.05 bits per heavy atom. The molecule has 0 atom stereocenters. The third-order valence-corrected chi connectivity index (χ3v) is 3.61. The summed E-state index contributed by atoms with van der Waals surface area (Å²) in [6.45, 7) is 11.4. The molecule has 118 valence electrons. The van der Waals surface area contributed by atoms with Crippen molar-refractivity contribution < 1.29 is 14.9 Å². The van der Waals surface area contributed by atoms with Gasteiger partial charge in [0.15, 0.2) is 0 Å². The molecule has 0 aliphatic carbocycles. The lowest BCUT2D eigenvalue weighted by atomic mass is 10.1. The molecule has 0 amide bonds. The zero-order chi connectivity index (χ0) is 15.5. The molecule has 2 N–H and O–H groups in total. The summed E-state index contributed by atoms with van der Waals surface area (Å²) in [5, 5.41) is 19.1. The van der Waals surface area contributed by atoms with Crippen LogP contribution in [-0.4, -0.2) is 58.5 Å². The van der Waals surface area contributed by atoms with Crippen molar-refractivity contribution in [3.63, 3.8) is 0 Å². The number of phenolic OH excluding ortho intramolecular Hbond substituents is 2. The molecule has 0 radical (unpaired) electrons. The Kier molecular flexibility index (Phi) is 5.08. The van der Waals surface area contributed by atoms with Crippen molar-refractivity contribution in [1.82, 2.24) is 9.80 Å². The first-order valence-electron chi connectivity index (χ1n) is 7.43. The molecule has 1 aliphatic rings. The third-order valence-electron chi connectivity index (χ3n) is 3.61. The Hall–Kier alpha value is -1.30. The topological polar surface area (TPSA) is 56.2 Å². The van der Waals surface area contributed by atoms with Crippen molar-refractivity contribution in [2.75, 3.05) is 32.9 Å². The quantitative estimate of drug-likeness (QED) is 0.889. The molecule has 5 heteroatoms. The Balaban J connectivity index is 1.79. The number of nitrogens with zero attached hydrogens (tertiary/aromatic N) is 2. The lowest BCUT2D eigenvalue weighted by Crippen LogP contribution is -2.47. The number of phenols is 2. The maximum absolute atomic E-state index is 9.83. The Bertz CT molecular complexity index is 463. The van der Waals surface area contributed by atoms with Gasteiger partial charge >= 0.3 is 0 Å². The molecule has 0 spiro atoms. The molecule has 0 bridgehead atoms. The molecule has 1 aromatic rings. The van der Waals surface area contributed by atoms with Gasteiger partial charge in [0, 0.05) is 44.4 Å². The van der Waals surface area contributed by atoms with Gasteiger partial charge in [0.2, 0.25) is 0 Å². The van der Waals surface area contributed by atoms with Crippen LogP contribution < -0.4 is 0 Å². The van der Waals surface area contributed by atoms with Crippen LogP contribution >= 0.6 is 0 Å². The molecule has 21 heavy (non-hydrogen) atoms. The lowest BCUT2D eigenvalue weighted by molar-refractivity contribution is -0.0744. The van der Waals surface area contributed by atoms with Crippen LogP contribution in [0.15, 0.2) is 18.2 Å². The number of piperazine rings is 1. The van der Waals surface area contributed by atoms with Crippen LogP contribution in [0, 0.1) is 0 Å². The Labute approximate surface area is 126 Å². The van der Waals surface area contributed by atoms with Crippen molar-refractivity contribution in [1.29, 1.82) is 0 Å². The van der Waals surface area contributed by atoms with Crippen LogP contribution in [0.4, 0.5) is 0 Å². The van der Waals surface area contributed by atoms with Crippen LogP contribution in [0.1, 0.15) is 26.3 Å². The van der Waals surface area contributed by atoms with E-state index < -0.39 is 0 Å². The molecule has 2 rings (SSSR count). The van der Waals surface area contributed by atoms with E-state index in [0.717, 1.165) is 31.7 Å². The summed E-state index contributed by atoms with van der Waals surface area (Å²) < 4.78 is 5.79. The number of ether oxygens (including phenoxy) is 1. The van der Waals surface area contributed by atoms with E-state index in [9.17, 15) is 10.2 Å². The molecule has 1 aromatic carbocycles. The van der Waals surface area contributed by atoms with Crippen LogP contribution in [0.25, 0.3) is 0 Å². The smallest absolute Gasteiger partial charge is 0.123 e. The maximum atomic E-state index is 9.83. The molecule has 1 aliphatic heterocycles. The predicted molar refractivity (Wildman–Crippen MR) is 82.3 cm³/mol. The van der Waals surface area contributed by atoms with Crippen molar-refractivity contribution in [3.8, 4) is 11.5 Å². The average Bonchev–Trinajstić information content (AvgIpc) is 2.40. The third kappa shape index (κ3) is 5.19. The van der Waals surface area contributed by atoms with Gasteiger partial charge in [-0.2, -0.15) is 0 Å². The summed E-state index contributed by atoms with van der Waals surface area (Å²) in [5.74, 6) is 0.258. The summed E-state index contributed by atoms with van der Waals surface area (Å²) in [7, 11) is 0. The summed E-state index contributed by atoms with van der Waals surface area (Å²) in [6, 6.07) is 4.78. The van der Waals surface area contributed by atoms with E-state index in [4.69, 9.17) is 4.74 Å². The van der Waals surface area contributed by atoms with E-state index in [-0.39, 0.29) is 17.1 Å². The number of rotatable bonds is 4. The highest BCUT2D eigenvalue weighted by Crippen LogP contribution is 2.24. The number of hydrogen-bond donors (Lipinski definition) is 2. The van der Waals surface area contributed by atoms with Gasteiger partial charge in [-0.05, 0) is 26.8 Å². The minimum atomic E-state index is -0.102. The summed E-state index contributed by atoms with van der Waals surface area (Å²) in [4.78, 5) is 4.61. The fraction of sp³-hybridized carbons (Fsp3) is 0.625. The van der Waals surface area contributed by atoms with Gasteiger partial charge in [0.1, 0.15) is 11.5 Å². The number of hydrogen-bond acceptors (Lipinski definition) is 5. The summed E-state index contributed by atoms with van der Waals surface area (Å²) >= 11 is 0. The van der Waals surface area contributed by atoms with Crippen LogP contribution in [0.2, 0.25) is 0 Å². The molecule has 5 nitrogen and oxygen atoms in total. The number of aromatic hydroxyl groups is 2. The van der Waals surface area contributed by atoms with Gasteiger partial charge in [-0.1, -0.05) is 6.07 Å². The fourth-order valence-electron chi connectivity index (χ4n) is 2.29. The minimum Gasteiger partial charge on any atom is -0.508 e. The van der Waals surface area contributed by atoms with Crippen LogP contribution in [0.3, 0.4) is 0 Å². The normalized spacial score (nSPS) is 18.0. The highest BCUT2D eigenvalue weighted by molar-refractivity contribution is 5.38. The Morgan fingerprint density at radius 3 is 2.24 bits per heavy atom. The highest BCUT2D eigenvalue weighted by Gasteiger charge is 2.20. The standard InChI is InChI=1S/C16H26N2O3/c1-16(2,3)21-12-18-8-6-17(7-9-18)11-13-4-5-14(19)10-15(13)20/h4-5,10,19-20H,6-9,11-12H2,1-3H3. The number of benzene rings is 1. The Morgan fingerprint density at radius 2 is 1.67 bits per heavy atom. The molecular formula is C16H26N2O3. The van der Waals surface area contributed by atoms with E-state index in [1.54, 1.807) is 12.1 Å². The van der Waals surface area contributed by atoms with Crippen LogP contribution in [0.5, 0.6) is 11.5 Å². The van der Waals surface area contributed by atoms with E-state index in [0.29, 0.717) is 13.3 Å². The second kappa shape index (κ2) is 6.64. The maximum Gasteiger partial charge on any atom is 0.123 e. The summed E-state index contributed by atoms with van der Waals surface area (Å²) in [6.07, 6.45) is 0.